The number of nitrogens with zero attached hydrogens (tertiary/aromatic N) is 4. The molecule has 2 aromatic carbocycles. The molecule has 0 aliphatic rings. The van der Waals surface area contributed by atoms with E-state index in [4.69, 9.17) is 11.7 Å². The highest BCUT2D eigenvalue weighted by atomic mass is 16.1. The first-order valence-corrected chi connectivity index (χ1v) is 7.62. The third kappa shape index (κ3) is 2.32. The Labute approximate surface area is 145 Å². The van der Waals surface area contributed by atoms with Gasteiger partial charge in [0.2, 0.25) is 11.9 Å². The predicted octanol–water partition coefficient (Wildman–Crippen LogP) is -0.0190. The van der Waals surface area contributed by atoms with Gasteiger partial charge in [-0.2, -0.15) is 9.35 Å². The zero-order valence-corrected chi connectivity index (χ0v) is 13.4. The van der Waals surface area contributed by atoms with Gasteiger partial charge in [0.05, 0.1) is 21.8 Å². The van der Waals surface area contributed by atoms with E-state index >= 15 is 0 Å². The number of hydrogen-bond donors (Lipinski definition) is 4. The van der Waals surface area contributed by atoms with Gasteiger partial charge in [-0.1, -0.05) is 24.3 Å². The van der Waals surface area contributed by atoms with Crippen molar-refractivity contribution in [3.8, 4) is 0 Å². The van der Waals surface area contributed by atoms with Crippen LogP contribution in [0.4, 0.5) is 11.9 Å². The highest BCUT2D eigenvalue weighted by molar-refractivity contribution is 5.80. The first kappa shape index (κ1) is 15.6. The summed E-state index contributed by atoms with van der Waals surface area (Å²) in [6, 6.07) is 13.6. The van der Waals surface area contributed by atoms with Crippen molar-refractivity contribution in [2.24, 2.45) is 5.84 Å². The van der Waals surface area contributed by atoms with E-state index in [2.05, 4.69) is 20.8 Å². The van der Waals surface area contributed by atoms with E-state index in [1.54, 1.807) is 48.5 Å². The van der Waals surface area contributed by atoms with E-state index in [1.165, 1.54) is 0 Å². The summed E-state index contributed by atoms with van der Waals surface area (Å²) in [7, 11) is 0. The molecule has 2 aromatic heterocycles. The van der Waals surface area contributed by atoms with Gasteiger partial charge in [-0.15, -0.1) is 0 Å². The van der Waals surface area contributed by atoms with Crippen molar-refractivity contribution in [3.05, 3.63) is 69.2 Å². The molecule has 0 fully saturated rings. The molecule has 26 heavy (non-hydrogen) atoms. The lowest BCUT2D eigenvalue weighted by molar-refractivity contribution is 0.817. The molecule has 4 aromatic rings. The van der Waals surface area contributed by atoms with Crippen LogP contribution < -0.4 is 33.7 Å². The van der Waals surface area contributed by atoms with Crippen LogP contribution in [0.15, 0.2) is 58.1 Å². The zero-order valence-electron chi connectivity index (χ0n) is 13.4. The highest BCUT2D eigenvalue weighted by Gasteiger charge is 2.14. The van der Waals surface area contributed by atoms with Crippen LogP contribution in [0.3, 0.4) is 0 Å². The molecule has 0 radical (unpaired) electrons. The molecule has 0 amide bonds. The maximum absolute atomic E-state index is 12.8. The summed E-state index contributed by atoms with van der Waals surface area (Å²) in [6.07, 6.45) is 0. The Morgan fingerprint density at radius 1 is 0.808 bits per heavy atom. The molecule has 10 heteroatoms. The molecule has 0 bridgehead atoms. The Morgan fingerprint density at radius 3 is 1.96 bits per heavy atom. The molecule has 0 atom stereocenters. The Kier molecular flexibility index (Phi) is 3.52. The number of anilines is 2. The van der Waals surface area contributed by atoms with Gasteiger partial charge < -0.3 is 5.84 Å². The third-order valence-corrected chi connectivity index (χ3v) is 3.92. The summed E-state index contributed by atoms with van der Waals surface area (Å²) < 4.78 is 1.87. The number of benzene rings is 2. The van der Waals surface area contributed by atoms with Gasteiger partial charge in [-0.3, -0.25) is 20.4 Å². The summed E-state index contributed by atoms with van der Waals surface area (Å²) in [5, 5.41) is 0.729. The molecule has 0 aliphatic carbocycles. The van der Waals surface area contributed by atoms with E-state index in [0.717, 1.165) is 9.35 Å². The van der Waals surface area contributed by atoms with Gasteiger partial charge >= 0.3 is 0 Å². The average Bonchev–Trinajstić information content (AvgIpc) is 2.67. The summed E-state index contributed by atoms with van der Waals surface area (Å²) in [6.45, 7) is 0. The third-order valence-electron chi connectivity index (χ3n) is 3.92. The van der Waals surface area contributed by atoms with Gasteiger partial charge in [0.1, 0.15) is 0 Å². The fourth-order valence-electron chi connectivity index (χ4n) is 2.66. The monoisotopic (exact) mass is 350 g/mol. The molecule has 0 saturated carbocycles. The first-order valence-electron chi connectivity index (χ1n) is 7.62. The Balaban J connectivity index is 1.94. The Hall–Kier alpha value is -3.92. The molecule has 130 valence electrons. The van der Waals surface area contributed by atoms with Crippen LogP contribution in [0.5, 0.6) is 0 Å². The van der Waals surface area contributed by atoms with Crippen molar-refractivity contribution in [2.75, 3.05) is 16.7 Å². The number of aromatic nitrogens is 4. The molecule has 0 saturated heterocycles. The van der Waals surface area contributed by atoms with Crippen molar-refractivity contribution in [3.63, 3.8) is 0 Å². The van der Waals surface area contributed by atoms with Crippen LogP contribution >= 0.6 is 0 Å². The second-order valence-corrected chi connectivity index (χ2v) is 5.48. The van der Waals surface area contributed by atoms with Crippen LogP contribution in [-0.2, 0) is 0 Å². The summed E-state index contributed by atoms with van der Waals surface area (Å²) in [5.41, 5.74) is 5.09. The summed E-state index contributed by atoms with van der Waals surface area (Å²) >= 11 is 0. The summed E-state index contributed by atoms with van der Waals surface area (Å²) in [5.74, 6) is 11.3. The maximum atomic E-state index is 12.8. The van der Waals surface area contributed by atoms with E-state index in [-0.39, 0.29) is 11.9 Å². The topological polar surface area (TPSA) is 146 Å². The molecule has 4 rings (SSSR count). The lowest BCUT2D eigenvalue weighted by atomic mass is 10.2. The molecular weight excluding hydrogens is 336 g/mol. The number of nitrogen functional groups attached to an aromatic ring is 2. The van der Waals surface area contributed by atoms with Crippen molar-refractivity contribution < 1.29 is 0 Å². The minimum atomic E-state index is -0.456. The van der Waals surface area contributed by atoms with Crippen LogP contribution in [0.2, 0.25) is 0 Å². The van der Waals surface area contributed by atoms with Gasteiger partial charge in [-0.25, -0.2) is 15.8 Å². The number of rotatable bonds is 3. The SMILES string of the molecule is NNc1nc2ccccc2c(=O)n1Nc1nc2ccccc2c(=O)n1N. The normalized spacial score (nSPS) is 11.0. The van der Waals surface area contributed by atoms with Crippen molar-refractivity contribution in [2.45, 2.75) is 0 Å². The van der Waals surface area contributed by atoms with Gasteiger partial charge in [-0.05, 0) is 24.3 Å². The number of para-hydroxylation sites is 2. The lowest BCUT2D eigenvalue weighted by Gasteiger charge is -2.15. The average molecular weight is 350 g/mol. The van der Waals surface area contributed by atoms with Gasteiger partial charge in [0, 0.05) is 0 Å². The maximum Gasteiger partial charge on any atom is 0.281 e. The Morgan fingerprint density at radius 2 is 1.35 bits per heavy atom. The van der Waals surface area contributed by atoms with Crippen LogP contribution in [0, 0.1) is 0 Å². The van der Waals surface area contributed by atoms with Crippen LogP contribution in [0.1, 0.15) is 0 Å². The van der Waals surface area contributed by atoms with Crippen molar-refractivity contribution >= 4 is 33.7 Å². The predicted molar refractivity (Wildman–Crippen MR) is 99.0 cm³/mol. The molecule has 0 aliphatic heterocycles. The highest BCUT2D eigenvalue weighted by Crippen LogP contribution is 2.12. The smallest absolute Gasteiger partial charge is 0.281 e. The molecule has 0 spiro atoms. The second kappa shape index (κ2) is 5.86. The standard InChI is InChI=1S/C16H14N8O2/c17-21-15-19-12-8-4-2-6-10(12)14(26)24(15)22-16-20-11-7-3-1-5-9(11)13(25)23(16)18/h1-8H,17-18H2,(H,19,21)(H,20,22). The van der Waals surface area contributed by atoms with Crippen molar-refractivity contribution in [1.82, 2.24) is 19.3 Å². The van der Waals surface area contributed by atoms with E-state index in [9.17, 15) is 9.59 Å². The largest absolute Gasteiger partial charge is 0.333 e. The fraction of sp³-hybridized carbons (Fsp3) is 0. The number of nitrogens with one attached hydrogen (secondary N) is 2. The number of hydrogen-bond acceptors (Lipinski definition) is 8. The second-order valence-electron chi connectivity index (χ2n) is 5.48. The molecule has 2 heterocycles. The zero-order chi connectivity index (χ0) is 18.3. The van der Waals surface area contributed by atoms with Gasteiger partial charge in [0.15, 0.2) is 0 Å². The van der Waals surface area contributed by atoms with Gasteiger partial charge in [0.25, 0.3) is 11.1 Å². The van der Waals surface area contributed by atoms with E-state index in [0.29, 0.717) is 21.8 Å². The van der Waals surface area contributed by atoms with E-state index < -0.39 is 11.1 Å². The quantitative estimate of drug-likeness (QED) is 0.298. The molecule has 6 N–H and O–H groups in total. The molecular formula is C16H14N8O2. The number of hydrazine groups is 1. The lowest BCUT2D eigenvalue weighted by Crippen LogP contribution is -2.37. The molecule has 10 nitrogen and oxygen atoms in total. The number of nitrogens with two attached hydrogens (primary N) is 2. The number of fused-ring (bicyclic) bond motifs is 2. The van der Waals surface area contributed by atoms with Crippen LogP contribution in [0.25, 0.3) is 21.8 Å². The fourth-order valence-corrected chi connectivity index (χ4v) is 2.66. The minimum Gasteiger partial charge on any atom is -0.333 e. The van der Waals surface area contributed by atoms with Crippen LogP contribution in [-0.4, -0.2) is 19.3 Å². The molecule has 0 unspecified atom stereocenters. The minimum absolute atomic E-state index is 0.0376. The summed E-state index contributed by atoms with van der Waals surface area (Å²) in [4.78, 5) is 33.8. The van der Waals surface area contributed by atoms with Crippen molar-refractivity contribution in [1.29, 1.82) is 0 Å². The Bertz CT molecular complexity index is 1260. The first-order chi connectivity index (χ1) is 12.6. The van der Waals surface area contributed by atoms with E-state index in [1.807, 2.05) is 0 Å².